The Morgan fingerprint density at radius 2 is 1.94 bits per heavy atom. The number of aromatic nitrogens is 2. The highest BCUT2D eigenvalue weighted by atomic mass is 35.5. The summed E-state index contributed by atoms with van der Waals surface area (Å²) < 4.78 is 30.4. The highest BCUT2D eigenvalue weighted by molar-refractivity contribution is 7.98. The van der Waals surface area contributed by atoms with Gasteiger partial charge in [0.15, 0.2) is 10.8 Å². The lowest BCUT2D eigenvalue weighted by atomic mass is 9.83. The predicted octanol–water partition coefficient (Wildman–Crippen LogP) is 8.42. The van der Waals surface area contributed by atoms with E-state index in [0.29, 0.717) is 16.4 Å². The number of hydrogen-bond acceptors (Lipinski definition) is 2. The lowest BCUT2D eigenvalue weighted by Crippen LogP contribution is -2.15. The molecule has 0 N–H and O–H groups in total. The van der Waals surface area contributed by atoms with Crippen LogP contribution in [-0.2, 0) is 12.2 Å². The van der Waals surface area contributed by atoms with Crippen molar-refractivity contribution in [2.75, 3.05) is 0 Å². The monoisotopic (exact) mass is 505 g/mol. The molecule has 0 aliphatic heterocycles. The van der Waals surface area contributed by atoms with E-state index in [2.05, 4.69) is 21.5 Å². The van der Waals surface area contributed by atoms with Crippen LogP contribution in [0, 0.1) is 25.1 Å². The molecular weight excluding hydrogens is 484 g/mol. The van der Waals surface area contributed by atoms with Crippen LogP contribution >= 0.6 is 23.4 Å². The van der Waals surface area contributed by atoms with Crippen molar-refractivity contribution in [2.24, 2.45) is 0 Å². The number of thioether (sulfide) groups is 1. The van der Waals surface area contributed by atoms with E-state index in [1.165, 1.54) is 30.0 Å². The number of hydrogen-bond donors (Lipinski definition) is 0. The van der Waals surface area contributed by atoms with Crippen molar-refractivity contribution in [1.29, 1.82) is 0 Å². The first-order valence-corrected chi connectivity index (χ1v) is 12.7. The second-order valence-electron chi connectivity index (χ2n) is 8.63. The maximum atomic E-state index is 14.6. The van der Waals surface area contributed by atoms with E-state index in [1.807, 2.05) is 13.0 Å². The molecule has 3 aromatic carbocycles. The number of nitrogens with zero attached hydrogens (tertiary/aromatic N) is 3. The molecule has 0 saturated heterocycles. The summed E-state index contributed by atoms with van der Waals surface area (Å²) in [5.74, 6) is -0.333. The van der Waals surface area contributed by atoms with Gasteiger partial charge < -0.3 is 0 Å². The van der Waals surface area contributed by atoms with Crippen molar-refractivity contribution >= 4 is 29.1 Å². The molecule has 35 heavy (non-hydrogen) atoms. The van der Waals surface area contributed by atoms with Gasteiger partial charge in [-0.25, -0.2) is 18.6 Å². The SMILES string of the molecule is [C-]#[N+]c1cccc(F)c1CSc1nc2c(n1-c1ccc(F)cc1)C(c1ccc(Cl)c(C)c1)CCC2. The average molecular weight is 506 g/mol. The second kappa shape index (κ2) is 9.85. The Hall–Kier alpha value is -3.14. The van der Waals surface area contributed by atoms with Gasteiger partial charge in [-0.15, -0.1) is 0 Å². The van der Waals surface area contributed by atoms with Crippen molar-refractivity contribution in [3.63, 3.8) is 0 Å². The van der Waals surface area contributed by atoms with Gasteiger partial charge >= 0.3 is 0 Å². The minimum absolute atomic E-state index is 0.105. The Morgan fingerprint density at radius 3 is 2.69 bits per heavy atom. The van der Waals surface area contributed by atoms with Gasteiger partial charge in [0.2, 0.25) is 0 Å². The van der Waals surface area contributed by atoms with E-state index >= 15 is 0 Å². The van der Waals surface area contributed by atoms with Crippen LogP contribution in [0.4, 0.5) is 14.5 Å². The Balaban J connectivity index is 1.62. The van der Waals surface area contributed by atoms with Gasteiger partial charge in [0.05, 0.1) is 18.0 Å². The third-order valence-corrected chi connectivity index (χ3v) is 7.81. The van der Waals surface area contributed by atoms with E-state index in [0.717, 1.165) is 52.5 Å². The number of rotatable bonds is 5. The average Bonchev–Trinajstić information content (AvgIpc) is 3.24. The summed E-state index contributed by atoms with van der Waals surface area (Å²) in [6.45, 7) is 9.40. The quantitative estimate of drug-likeness (QED) is 0.200. The van der Waals surface area contributed by atoms with E-state index < -0.39 is 5.82 Å². The molecule has 7 heteroatoms. The fourth-order valence-electron chi connectivity index (χ4n) is 4.68. The molecule has 0 fully saturated rings. The van der Waals surface area contributed by atoms with Gasteiger partial charge in [0, 0.05) is 27.9 Å². The molecule has 1 aliphatic carbocycles. The van der Waals surface area contributed by atoms with Gasteiger partial charge in [-0.1, -0.05) is 47.6 Å². The largest absolute Gasteiger partial charge is 0.291 e. The summed E-state index contributed by atoms with van der Waals surface area (Å²) in [6.07, 6.45) is 2.80. The number of halogens is 3. The zero-order valence-corrected chi connectivity index (χ0v) is 20.6. The third kappa shape index (κ3) is 4.59. The van der Waals surface area contributed by atoms with E-state index in [4.69, 9.17) is 23.2 Å². The van der Waals surface area contributed by atoms with Crippen molar-refractivity contribution in [3.05, 3.63) is 117 Å². The molecule has 0 spiro atoms. The molecule has 0 radical (unpaired) electrons. The van der Waals surface area contributed by atoms with Crippen LogP contribution in [0.15, 0.2) is 65.8 Å². The van der Waals surface area contributed by atoms with Crippen LogP contribution in [0.3, 0.4) is 0 Å². The highest BCUT2D eigenvalue weighted by Gasteiger charge is 2.30. The molecule has 3 nitrogen and oxygen atoms in total. The molecule has 0 bridgehead atoms. The lowest BCUT2D eigenvalue weighted by molar-refractivity contribution is 0.586. The van der Waals surface area contributed by atoms with Crippen LogP contribution in [0.2, 0.25) is 5.02 Å². The topological polar surface area (TPSA) is 22.2 Å². The molecule has 5 rings (SSSR count). The summed E-state index contributed by atoms with van der Waals surface area (Å²) in [4.78, 5) is 8.45. The minimum Gasteiger partial charge on any atom is -0.291 e. The Kier molecular flexibility index (Phi) is 6.64. The maximum absolute atomic E-state index is 14.6. The Labute approximate surface area is 212 Å². The molecule has 4 aromatic rings. The van der Waals surface area contributed by atoms with Gasteiger partial charge in [-0.3, -0.25) is 4.57 Å². The summed E-state index contributed by atoms with van der Waals surface area (Å²) >= 11 is 7.69. The molecule has 176 valence electrons. The summed E-state index contributed by atoms with van der Waals surface area (Å²) in [5, 5.41) is 1.44. The summed E-state index contributed by atoms with van der Waals surface area (Å²) in [5.41, 5.74) is 5.73. The van der Waals surface area contributed by atoms with Crippen molar-refractivity contribution in [3.8, 4) is 5.69 Å². The molecule has 0 saturated carbocycles. The number of imidazole rings is 1. The number of aryl methyl sites for hydroxylation is 2. The minimum atomic E-state index is -0.398. The van der Waals surface area contributed by atoms with Crippen molar-refractivity contribution in [1.82, 2.24) is 9.55 Å². The molecule has 0 amide bonds. The summed E-state index contributed by atoms with van der Waals surface area (Å²) in [6, 6.07) is 17.0. The van der Waals surface area contributed by atoms with Gasteiger partial charge in [0.25, 0.3) is 0 Å². The standard InChI is InChI=1S/C28H22ClF2N3S/c1-17-15-18(9-14-23(17)29)21-5-3-8-26-27(21)34(20-12-10-19(30)11-13-20)28(33-26)35-16-22-24(31)6-4-7-25(22)32-2/h4,6-7,9-15,21H,3,5,8,16H2,1H3. The van der Waals surface area contributed by atoms with Crippen LogP contribution in [0.1, 0.15) is 46.8 Å². The fourth-order valence-corrected chi connectivity index (χ4v) is 5.87. The van der Waals surface area contributed by atoms with Gasteiger partial charge in [0.1, 0.15) is 11.6 Å². The zero-order chi connectivity index (χ0) is 24.5. The van der Waals surface area contributed by atoms with Crippen LogP contribution in [0.25, 0.3) is 10.5 Å². The van der Waals surface area contributed by atoms with Crippen LogP contribution < -0.4 is 0 Å². The molecule has 1 unspecified atom stereocenters. The maximum Gasteiger partial charge on any atom is 0.194 e. The normalized spacial score (nSPS) is 15.0. The fraction of sp³-hybridized carbons (Fsp3) is 0.214. The van der Waals surface area contributed by atoms with Crippen LogP contribution in [0.5, 0.6) is 0 Å². The first kappa shape index (κ1) is 23.6. The molecule has 1 heterocycles. The van der Waals surface area contributed by atoms with Gasteiger partial charge in [-0.2, -0.15) is 0 Å². The first-order chi connectivity index (χ1) is 17.0. The summed E-state index contributed by atoms with van der Waals surface area (Å²) in [7, 11) is 0. The van der Waals surface area contributed by atoms with Gasteiger partial charge in [-0.05, 0) is 73.7 Å². The molecule has 1 aliphatic rings. The zero-order valence-electron chi connectivity index (χ0n) is 19.1. The van der Waals surface area contributed by atoms with E-state index in [9.17, 15) is 8.78 Å². The highest BCUT2D eigenvalue weighted by Crippen LogP contribution is 2.42. The van der Waals surface area contributed by atoms with Crippen molar-refractivity contribution in [2.45, 2.75) is 43.0 Å². The molecule has 1 atom stereocenters. The molecular formula is C28H22ClF2N3S. The van der Waals surface area contributed by atoms with E-state index in [1.54, 1.807) is 24.3 Å². The Bertz CT molecular complexity index is 1440. The smallest absolute Gasteiger partial charge is 0.194 e. The number of benzene rings is 3. The Morgan fingerprint density at radius 1 is 1.14 bits per heavy atom. The molecule has 1 aromatic heterocycles. The van der Waals surface area contributed by atoms with Crippen LogP contribution in [-0.4, -0.2) is 9.55 Å². The third-order valence-electron chi connectivity index (χ3n) is 6.42. The first-order valence-electron chi connectivity index (χ1n) is 11.4. The predicted molar refractivity (Wildman–Crippen MR) is 137 cm³/mol. The van der Waals surface area contributed by atoms with E-state index in [-0.39, 0.29) is 17.5 Å². The lowest BCUT2D eigenvalue weighted by Gasteiger charge is -2.25. The van der Waals surface area contributed by atoms with Crippen molar-refractivity contribution < 1.29 is 8.78 Å². The second-order valence-corrected chi connectivity index (χ2v) is 9.98. The number of fused-ring (bicyclic) bond motifs is 1.